The van der Waals surface area contributed by atoms with Crippen molar-refractivity contribution in [3.05, 3.63) is 36.2 Å². The Bertz CT molecular complexity index is 537. The SMILES string of the molecule is CCCCC[C@H]1CC[C@H](C=C[C@H]2CC[C@H](CCC=CC=C(F)C#N)CC2)CC1. The van der Waals surface area contributed by atoms with Crippen molar-refractivity contribution in [2.24, 2.45) is 23.7 Å². The molecule has 0 saturated heterocycles. The van der Waals surface area contributed by atoms with E-state index in [-0.39, 0.29) is 0 Å². The highest BCUT2D eigenvalue weighted by atomic mass is 19.1. The smallest absolute Gasteiger partial charge is 0.195 e. The van der Waals surface area contributed by atoms with E-state index in [2.05, 4.69) is 19.1 Å². The van der Waals surface area contributed by atoms with Crippen molar-refractivity contribution in [3.8, 4) is 6.07 Å². The molecule has 0 unspecified atom stereocenters. The number of allylic oxidation sites excluding steroid dienone is 6. The van der Waals surface area contributed by atoms with E-state index in [1.165, 1.54) is 95.6 Å². The normalized spacial score (nSPS) is 29.4. The summed E-state index contributed by atoms with van der Waals surface area (Å²) in [5, 5.41) is 8.37. The fraction of sp³-hybridized carbons (Fsp3) is 0.731. The van der Waals surface area contributed by atoms with Crippen molar-refractivity contribution in [2.45, 2.75) is 96.8 Å². The highest BCUT2D eigenvalue weighted by molar-refractivity contribution is 5.18. The second-order valence-corrected chi connectivity index (χ2v) is 9.07. The van der Waals surface area contributed by atoms with E-state index in [0.29, 0.717) is 0 Å². The summed E-state index contributed by atoms with van der Waals surface area (Å²) in [6, 6.07) is 1.49. The Morgan fingerprint density at radius 1 is 0.893 bits per heavy atom. The molecule has 0 aromatic heterocycles. The van der Waals surface area contributed by atoms with Crippen molar-refractivity contribution in [1.82, 2.24) is 0 Å². The number of nitrogens with zero attached hydrogens (tertiary/aromatic N) is 1. The summed E-state index contributed by atoms with van der Waals surface area (Å²) in [5.74, 6) is 2.74. The number of hydrogen-bond donors (Lipinski definition) is 0. The van der Waals surface area contributed by atoms with Gasteiger partial charge in [0.1, 0.15) is 6.07 Å². The minimum Gasteiger partial charge on any atom is -0.195 e. The Labute approximate surface area is 172 Å². The van der Waals surface area contributed by atoms with Crippen LogP contribution in [0.25, 0.3) is 0 Å². The number of rotatable bonds is 10. The Hall–Kier alpha value is -1.36. The van der Waals surface area contributed by atoms with E-state index in [1.54, 1.807) is 6.08 Å². The third kappa shape index (κ3) is 9.22. The van der Waals surface area contributed by atoms with E-state index in [9.17, 15) is 4.39 Å². The Morgan fingerprint density at radius 2 is 1.46 bits per heavy atom. The summed E-state index contributed by atoms with van der Waals surface area (Å²) in [6.45, 7) is 2.30. The van der Waals surface area contributed by atoms with Gasteiger partial charge in [0.05, 0.1) is 0 Å². The molecule has 1 nitrogen and oxygen atoms in total. The fourth-order valence-electron chi connectivity index (χ4n) is 4.95. The van der Waals surface area contributed by atoms with Gasteiger partial charge in [-0.15, -0.1) is 0 Å². The first-order valence-electron chi connectivity index (χ1n) is 11.8. The first-order valence-corrected chi connectivity index (χ1v) is 11.8. The van der Waals surface area contributed by atoms with Gasteiger partial charge >= 0.3 is 0 Å². The first-order chi connectivity index (χ1) is 13.7. The van der Waals surface area contributed by atoms with Gasteiger partial charge in [-0.1, -0.05) is 56.9 Å². The molecule has 156 valence electrons. The lowest BCUT2D eigenvalue weighted by Gasteiger charge is -2.29. The van der Waals surface area contributed by atoms with Crippen molar-refractivity contribution < 1.29 is 4.39 Å². The van der Waals surface area contributed by atoms with Gasteiger partial charge < -0.3 is 0 Å². The predicted octanol–water partition coefficient (Wildman–Crippen LogP) is 8.45. The lowest BCUT2D eigenvalue weighted by molar-refractivity contribution is 0.283. The maximum absolute atomic E-state index is 12.7. The zero-order chi connectivity index (χ0) is 20.0. The van der Waals surface area contributed by atoms with Crippen LogP contribution in [0.2, 0.25) is 0 Å². The molecule has 2 fully saturated rings. The van der Waals surface area contributed by atoms with Crippen LogP contribution in [0.3, 0.4) is 0 Å². The van der Waals surface area contributed by atoms with Crippen LogP contribution in [0.4, 0.5) is 4.39 Å². The zero-order valence-corrected chi connectivity index (χ0v) is 17.9. The molecule has 2 aliphatic carbocycles. The molecule has 0 bridgehead atoms. The number of nitriles is 1. The average Bonchev–Trinajstić information content (AvgIpc) is 2.74. The largest absolute Gasteiger partial charge is 0.199 e. The minimum atomic E-state index is -0.714. The van der Waals surface area contributed by atoms with E-state index in [0.717, 1.165) is 30.1 Å². The van der Waals surface area contributed by atoms with Crippen molar-refractivity contribution in [1.29, 1.82) is 5.26 Å². The average molecular weight is 386 g/mol. The second kappa shape index (κ2) is 13.8. The quantitative estimate of drug-likeness (QED) is 0.160. The molecule has 0 radical (unpaired) electrons. The second-order valence-electron chi connectivity index (χ2n) is 9.07. The first kappa shape index (κ1) is 22.9. The lowest BCUT2D eigenvalue weighted by Crippen LogP contribution is -2.15. The van der Waals surface area contributed by atoms with Crippen LogP contribution in [-0.2, 0) is 0 Å². The molecule has 0 aromatic carbocycles. The van der Waals surface area contributed by atoms with Crippen LogP contribution in [0, 0.1) is 35.0 Å². The van der Waals surface area contributed by atoms with Crippen molar-refractivity contribution >= 4 is 0 Å². The molecule has 2 heteroatoms. The topological polar surface area (TPSA) is 23.8 Å². The van der Waals surface area contributed by atoms with Crippen LogP contribution in [0.5, 0.6) is 0 Å². The number of hydrogen-bond acceptors (Lipinski definition) is 1. The molecule has 0 aromatic rings. The summed E-state index contributed by atoms with van der Waals surface area (Å²) in [4.78, 5) is 0. The van der Waals surface area contributed by atoms with Crippen LogP contribution >= 0.6 is 0 Å². The van der Waals surface area contributed by atoms with Gasteiger partial charge in [-0.2, -0.15) is 9.65 Å². The molecule has 2 saturated carbocycles. The molecule has 0 atom stereocenters. The van der Waals surface area contributed by atoms with Gasteiger partial charge in [-0.05, 0) is 94.0 Å². The molecule has 2 rings (SSSR count). The van der Waals surface area contributed by atoms with Gasteiger partial charge in [0, 0.05) is 0 Å². The van der Waals surface area contributed by atoms with E-state index >= 15 is 0 Å². The molecule has 28 heavy (non-hydrogen) atoms. The molecule has 0 spiro atoms. The summed E-state index contributed by atoms with van der Waals surface area (Å²) >= 11 is 0. The van der Waals surface area contributed by atoms with Crippen LogP contribution in [-0.4, -0.2) is 0 Å². The standard InChI is InChI=1S/C26H40FN/c1-2-3-5-8-22-11-15-24(16-12-22)19-20-25-17-13-23(14-18-25)9-6-4-7-10-26(27)21-28/h4,7,10,19-20,22-25H,2-3,5-6,8-9,11-18H2,1H3/t22-,23-,24-,25-. The highest BCUT2D eigenvalue weighted by Gasteiger charge is 2.21. The molecule has 0 amide bonds. The summed E-state index contributed by atoms with van der Waals surface area (Å²) in [5.41, 5.74) is 0. The molecule has 0 N–H and O–H groups in total. The predicted molar refractivity (Wildman–Crippen MR) is 117 cm³/mol. The Balaban J connectivity index is 1.57. The Morgan fingerprint density at radius 3 is 2.00 bits per heavy atom. The zero-order valence-electron chi connectivity index (χ0n) is 17.9. The summed E-state index contributed by atoms with van der Waals surface area (Å²) < 4.78 is 12.7. The van der Waals surface area contributed by atoms with Gasteiger partial charge in [0.25, 0.3) is 0 Å². The third-order valence-electron chi connectivity index (χ3n) is 6.88. The monoisotopic (exact) mass is 385 g/mol. The van der Waals surface area contributed by atoms with Crippen LogP contribution < -0.4 is 0 Å². The minimum absolute atomic E-state index is 0.714. The van der Waals surface area contributed by atoms with E-state index in [4.69, 9.17) is 5.26 Å². The third-order valence-corrected chi connectivity index (χ3v) is 6.88. The molecular formula is C26H40FN. The number of unbranched alkanes of at least 4 members (excludes halogenated alkanes) is 2. The summed E-state index contributed by atoms with van der Waals surface area (Å²) in [6.07, 6.45) is 28.9. The molecule has 0 heterocycles. The van der Waals surface area contributed by atoms with Gasteiger partial charge in [0.2, 0.25) is 0 Å². The van der Waals surface area contributed by atoms with Gasteiger partial charge in [-0.25, -0.2) is 0 Å². The molecule has 2 aliphatic rings. The number of halogens is 1. The van der Waals surface area contributed by atoms with Crippen LogP contribution in [0.1, 0.15) is 96.8 Å². The van der Waals surface area contributed by atoms with Crippen LogP contribution in [0.15, 0.2) is 36.2 Å². The van der Waals surface area contributed by atoms with Crippen molar-refractivity contribution in [3.63, 3.8) is 0 Å². The molecule has 0 aliphatic heterocycles. The van der Waals surface area contributed by atoms with E-state index in [1.807, 2.05) is 6.08 Å². The maximum Gasteiger partial charge on any atom is 0.199 e. The molecular weight excluding hydrogens is 345 g/mol. The highest BCUT2D eigenvalue weighted by Crippen LogP contribution is 2.35. The summed E-state index contributed by atoms with van der Waals surface area (Å²) in [7, 11) is 0. The Kier molecular flexibility index (Phi) is 11.3. The van der Waals surface area contributed by atoms with Crippen molar-refractivity contribution in [2.75, 3.05) is 0 Å². The van der Waals surface area contributed by atoms with E-state index < -0.39 is 5.83 Å². The van der Waals surface area contributed by atoms with Gasteiger partial charge in [-0.3, -0.25) is 0 Å². The lowest BCUT2D eigenvalue weighted by atomic mass is 9.77. The maximum atomic E-state index is 12.7. The fourth-order valence-corrected chi connectivity index (χ4v) is 4.95. The van der Waals surface area contributed by atoms with Gasteiger partial charge in [0.15, 0.2) is 5.83 Å².